The second kappa shape index (κ2) is 16.4. The molecule has 4 rings (SSSR count). The molecule has 3 aromatic rings. The first-order valence-electron chi connectivity index (χ1n) is 14.1. The molecule has 1 heterocycles. The maximum absolute atomic E-state index is 12.5. The number of methoxy groups -OCH3 is 2. The Morgan fingerprint density at radius 2 is 1.81 bits per heavy atom. The Morgan fingerprint density at radius 1 is 1.02 bits per heavy atom. The van der Waals surface area contributed by atoms with Gasteiger partial charge >= 0.3 is 12.0 Å². The molecule has 3 amide bonds. The van der Waals surface area contributed by atoms with Gasteiger partial charge in [-0.3, -0.25) is 4.79 Å². The summed E-state index contributed by atoms with van der Waals surface area (Å²) in [5.74, 6) is 0.351. The first-order chi connectivity index (χ1) is 22.5. The van der Waals surface area contributed by atoms with Gasteiger partial charge in [0.25, 0.3) is 5.91 Å². The Bertz CT molecular complexity index is 1730. The van der Waals surface area contributed by atoms with Crippen molar-refractivity contribution in [2.24, 2.45) is 5.10 Å². The van der Waals surface area contributed by atoms with Gasteiger partial charge in [-0.2, -0.15) is 5.10 Å². The molecule has 248 valence electrons. The van der Waals surface area contributed by atoms with Crippen LogP contribution in [0.1, 0.15) is 36.6 Å². The maximum atomic E-state index is 12.5. The molecule has 0 spiro atoms. The monoisotopic (exact) mass is 748 g/mol. The Kier molecular flexibility index (Phi) is 12.3. The van der Waals surface area contributed by atoms with Crippen LogP contribution in [0.25, 0.3) is 0 Å². The fourth-order valence-corrected chi connectivity index (χ4v) is 5.55. The smallest absolute Gasteiger partial charge is 0.337 e. The maximum Gasteiger partial charge on any atom is 0.337 e. The van der Waals surface area contributed by atoms with Gasteiger partial charge in [0.15, 0.2) is 29.6 Å². The SMILES string of the molecule is CCOc1cc(/C=N\NC(=O)COc2ccc([C@H]3NC(=O)NC(C)=C3C(=O)OC)cc2OC)cc(Br)c1OCc1ccc(Cl)cc1Cl. The van der Waals surface area contributed by atoms with Gasteiger partial charge in [0.05, 0.1) is 43.1 Å². The van der Waals surface area contributed by atoms with Crippen LogP contribution in [0.3, 0.4) is 0 Å². The number of hydrogen-bond acceptors (Lipinski definition) is 9. The third-order valence-corrected chi connectivity index (χ3v) is 7.85. The molecule has 0 radical (unpaired) electrons. The van der Waals surface area contributed by atoms with Crippen molar-refractivity contribution in [1.29, 1.82) is 0 Å². The Balaban J connectivity index is 1.39. The molecule has 1 aliphatic heterocycles. The largest absolute Gasteiger partial charge is 0.493 e. The van der Waals surface area contributed by atoms with E-state index in [1.165, 1.54) is 20.4 Å². The highest BCUT2D eigenvalue weighted by molar-refractivity contribution is 9.10. The lowest BCUT2D eigenvalue weighted by molar-refractivity contribution is -0.136. The second-order valence-electron chi connectivity index (χ2n) is 9.84. The number of halogens is 3. The van der Waals surface area contributed by atoms with E-state index >= 15 is 0 Å². The van der Waals surface area contributed by atoms with Crippen LogP contribution < -0.4 is 35.0 Å². The van der Waals surface area contributed by atoms with Gasteiger partial charge in [-0.15, -0.1) is 0 Å². The van der Waals surface area contributed by atoms with Gasteiger partial charge in [-0.25, -0.2) is 15.0 Å². The van der Waals surface area contributed by atoms with Crippen LogP contribution in [0, 0.1) is 0 Å². The lowest BCUT2D eigenvalue weighted by Gasteiger charge is -2.28. The zero-order valence-electron chi connectivity index (χ0n) is 25.7. The van der Waals surface area contributed by atoms with E-state index in [2.05, 4.69) is 37.1 Å². The molecule has 0 saturated heterocycles. The summed E-state index contributed by atoms with van der Waals surface area (Å²) in [5.41, 5.74) is 4.95. The van der Waals surface area contributed by atoms with Crippen LogP contribution >= 0.6 is 39.1 Å². The number of esters is 1. The Labute approximate surface area is 289 Å². The molecule has 3 N–H and O–H groups in total. The first-order valence-corrected chi connectivity index (χ1v) is 15.6. The molecule has 0 unspecified atom stereocenters. The van der Waals surface area contributed by atoms with Gasteiger partial charge < -0.3 is 34.3 Å². The molecular weight excluding hydrogens is 719 g/mol. The molecule has 3 aromatic carbocycles. The summed E-state index contributed by atoms with van der Waals surface area (Å²) in [6.07, 6.45) is 1.45. The van der Waals surface area contributed by atoms with E-state index in [0.717, 1.165) is 5.56 Å². The van der Waals surface area contributed by atoms with E-state index in [-0.39, 0.29) is 30.3 Å². The second-order valence-corrected chi connectivity index (χ2v) is 11.5. The number of rotatable bonds is 13. The van der Waals surface area contributed by atoms with Gasteiger partial charge in [0.2, 0.25) is 0 Å². The van der Waals surface area contributed by atoms with E-state index in [1.807, 2.05) is 6.92 Å². The number of amides is 3. The number of nitrogens with zero attached hydrogens (tertiary/aromatic N) is 1. The number of nitrogens with one attached hydrogen (secondary N) is 3. The average molecular weight is 750 g/mol. The van der Waals surface area contributed by atoms with E-state index in [9.17, 15) is 14.4 Å². The third kappa shape index (κ3) is 9.09. The quantitative estimate of drug-likeness (QED) is 0.109. The molecular formula is C32H31BrCl2N4O8. The van der Waals surface area contributed by atoms with Gasteiger partial charge in [-0.1, -0.05) is 35.3 Å². The summed E-state index contributed by atoms with van der Waals surface area (Å²) in [7, 11) is 2.68. The average Bonchev–Trinajstić information content (AvgIpc) is 3.03. The highest BCUT2D eigenvalue weighted by atomic mass is 79.9. The van der Waals surface area contributed by atoms with E-state index < -0.39 is 23.9 Å². The third-order valence-electron chi connectivity index (χ3n) is 6.68. The summed E-state index contributed by atoms with van der Waals surface area (Å²) in [6, 6.07) is 12.2. The van der Waals surface area contributed by atoms with Crippen molar-refractivity contribution in [3.8, 4) is 23.0 Å². The van der Waals surface area contributed by atoms with Crippen molar-refractivity contribution in [2.45, 2.75) is 26.5 Å². The van der Waals surface area contributed by atoms with Crippen LogP contribution in [-0.2, 0) is 20.9 Å². The fourth-order valence-electron chi connectivity index (χ4n) is 4.52. The predicted molar refractivity (Wildman–Crippen MR) is 179 cm³/mol. The van der Waals surface area contributed by atoms with Crippen molar-refractivity contribution >= 4 is 63.3 Å². The number of hydrogen-bond donors (Lipinski definition) is 3. The Hall–Kier alpha value is -4.46. The van der Waals surface area contributed by atoms with Crippen molar-refractivity contribution in [2.75, 3.05) is 27.4 Å². The summed E-state index contributed by atoms with van der Waals surface area (Å²) >= 11 is 15.8. The van der Waals surface area contributed by atoms with Crippen LogP contribution in [0.5, 0.6) is 23.0 Å². The standard InChI is InChI=1S/C32H31BrCl2N4O8/c1-5-45-26-11-18(10-22(33)30(26)47-15-20-6-8-21(34)13-23(20)35)14-36-39-27(40)16-46-24-9-7-19(12-25(24)43-3)29-28(31(41)44-4)17(2)37-32(42)38-29/h6-14,29H,5,15-16H2,1-4H3,(H,39,40)(H2,37,38,42)/b36-14-/t29-/m1/s1. The van der Waals surface area contributed by atoms with Crippen molar-refractivity contribution in [1.82, 2.24) is 16.1 Å². The molecule has 1 atom stereocenters. The minimum Gasteiger partial charge on any atom is -0.493 e. The molecule has 0 bridgehead atoms. The van der Waals surface area contributed by atoms with Gasteiger partial charge in [0, 0.05) is 21.3 Å². The van der Waals surface area contributed by atoms with Crippen LogP contribution in [0.2, 0.25) is 10.0 Å². The number of benzene rings is 3. The van der Waals surface area contributed by atoms with E-state index in [1.54, 1.807) is 55.5 Å². The van der Waals surface area contributed by atoms with E-state index in [4.69, 9.17) is 46.9 Å². The molecule has 1 aliphatic rings. The predicted octanol–water partition coefficient (Wildman–Crippen LogP) is 6.07. The number of carbonyl (C=O) groups excluding carboxylic acids is 3. The number of urea groups is 1. The molecule has 12 nitrogen and oxygen atoms in total. The first kappa shape index (κ1) is 35.4. The molecule has 0 aromatic heterocycles. The van der Waals surface area contributed by atoms with Crippen LogP contribution in [-0.4, -0.2) is 51.6 Å². The van der Waals surface area contributed by atoms with Gasteiger partial charge in [-0.05, 0) is 77.3 Å². The highest BCUT2D eigenvalue weighted by Crippen LogP contribution is 2.38. The zero-order chi connectivity index (χ0) is 34.1. The zero-order valence-corrected chi connectivity index (χ0v) is 28.8. The fraction of sp³-hybridized carbons (Fsp3) is 0.250. The molecule has 0 aliphatic carbocycles. The number of allylic oxidation sites excluding steroid dienone is 1. The van der Waals surface area contributed by atoms with Crippen molar-refractivity contribution < 1.29 is 38.1 Å². The highest BCUT2D eigenvalue weighted by Gasteiger charge is 2.32. The summed E-state index contributed by atoms with van der Waals surface area (Å²) in [6.45, 7) is 3.65. The minimum absolute atomic E-state index is 0.186. The minimum atomic E-state index is -0.789. The van der Waals surface area contributed by atoms with E-state index in [0.29, 0.717) is 49.4 Å². The molecule has 0 saturated carbocycles. The summed E-state index contributed by atoms with van der Waals surface area (Å²) in [4.78, 5) is 37.1. The van der Waals surface area contributed by atoms with Crippen LogP contribution in [0.15, 0.2) is 69.4 Å². The summed E-state index contributed by atoms with van der Waals surface area (Å²) in [5, 5.41) is 10.3. The lowest BCUT2D eigenvalue weighted by Crippen LogP contribution is -2.45. The lowest BCUT2D eigenvalue weighted by atomic mass is 9.95. The van der Waals surface area contributed by atoms with Crippen molar-refractivity contribution in [3.05, 3.63) is 91.0 Å². The topological polar surface area (TPSA) is 146 Å². The van der Waals surface area contributed by atoms with Gasteiger partial charge in [0.1, 0.15) is 6.61 Å². The van der Waals surface area contributed by atoms with Crippen molar-refractivity contribution in [3.63, 3.8) is 0 Å². The summed E-state index contributed by atoms with van der Waals surface area (Å²) < 4.78 is 28.4. The molecule has 15 heteroatoms. The Morgan fingerprint density at radius 3 is 2.51 bits per heavy atom. The molecule has 0 fully saturated rings. The number of hydrazone groups is 1. The normalized spacial score (nSPS) is 14.3. The number of carbonyl (C=O) groups is 3. The van der Waals surface area contributed by atoms with Crippen LogP contribution in [0.4, 0.5) is 4.79 Å². The number of ether oxygens (including phenoxy) is 5. The molecule has 47 heavy (non-hydrogen) atoms.